The maximum Gasteiger partial charge on any atom is 0.132 e. The van der Waals surface area contributed by atoms with Crippen molar-refractivity contribution >= 4 is 23.5 Å². The summed E-state index contributed by atoms with van der Waals surface area (Å²) in [4.78, 5) is 1.28. The van der Waals surface area contributed by atoms with Gasteiger partial charge in [-0.3, -0.25) is 0 Å². The van der Waals surface area contributed by atoms with E-state index in [1.165, 1.54) is 10.6 Å². The van der Waals surface area contributed by atoms with Gasteiger partial charge in [0, 0.05) is 5.75 Å². The molecule has 0 radical (unpaired) electrons. The summed E-state index contributed by atoms with van der Waals surface area (Å²) in [7, 11) is 0. The Morgan fingerprint density at radius 1 is 1.47 bits per heavy atom. The molecule has 0 unspecified atom stereocenters. The highest BCUT2D eigenvalue weighted by atomic mass is 32.2. The van der Waals surface area contributed by atoms with E-state index in [2.05, 4.69) is 32.0 Å². The van der Waals surface area contributed by atoms with Crippen LogP contribution >= 0.6 is 23.5 Å². The van der Waals surface area contributed by atoms with Crippen LogP contribution < -0.4 is 4.74 Å². The van der Waals surface area contributed by atoms with Gasteiger partial charge in [0.25, 0.3) is 0 Å². The van der Waals surface area contributed by atoms with Crippen molar-refractivity contribution in [3.05, 3.63) is 24.3 Å². The van der Waals surface area contributed by atoms with Crippen molar-refractivity contribution in [2.24, 2.45) is 0 Å². The zero-order chi connectivity index (χ0) is 10.7. The minimum Gasteiger partial charge on any atom is -0.491 e. The second-order valence-corrected chi connectivity index (χ2v) is 6.83. The average Bonchev–Trinajstić information content (AvgIpc) is 2.26. The van der Waals surface area contributed by atoms with Gasteiger partial charge in [-0.1, -0.05) is 19.1 Å². The van der Waals surface area contributed by atoms with Gasteiger partial charge in [-0.05, 0) is 24.8 Å². The van der Waals surface area contributed by atoms with E-state index in [1.807, 2.05) is 29.6 Å². The molecule has 0 saturated carbocycles. The van der Waals surface area contributed by atoms with Gasteiger partial charge in [0.2, 0.25) is 0 Å². The predicted octanol–water partition coefficient (Wildman–Crippen LogP) is 3.68. The van der Waals surface area contributed by atoms with Crippen LogP contribution in [0.15, 0.2) is 29.2 Å². The Kier molecular flexibility index (Phi) is 3.52. The van der Waals surface area contributed by atoms with Crippen LogP contribution in [0.3, 0.4) is 0 Å². The summed E-state index contributed by atoms with van der Waals surface area (Å²) in [5, 5.41) is 0. The second-order valence-electron chi connectivity index (χ2n) is 3.92. The first kappa shape index (κ1) is 11.2. The molecule has 0 fully saturated rings. The Bertz CT molecular complexity index is 340. The maximum atomic E-state index is 5.80. The molecule has 1 aliphatic heterocycles. The van der Waals surface area contributed by atoms with Crippen molar-refractivity contribution in [1.82, 2.24) is 0 Å². The fourth-order valence-corrected chi connectivity index (χ4v) is 3.80. The third kappa shape index (κ3) is 2.64. The van der Waals surface area contributed by atoms with Crippen molar-refractivity contribution in [2.75, 3.05) is 18.1 Å². The fourth-order valence-electron chi connectivity index (χ4n) is 1.57. The average molecular weight is 240 g/mol. The lowest BCUT2D eigenvalue weighted by atomic mass is 10.2. The van der Waals surface area contributed by atoms with Crippen LogP contribution in [0.2, 0.25) is 0 Å². The molecular weight excluding hydrogens is 224 g/mol. The Morgan fingerprint density at radius 2 is 2.27 bits per heavy atom. The van der Waals surface area contributed by atoms with E-state index in [0.29, 0.717) is 0 Å². The number of para-hydroxylation sites is 1. The number of rotatable bonds is 3. The molecule has 0 saturated heterocycles. The maximum absolute atomic E-state index is 5.80. The summed E-state index contributed by atoms with van der Waals surface area (Å²) >= 11 is 3.94. The third-order valence-corrected chi connectivity index (χ3v) is 5.09. The van der Waals surface area contributed by atoms with Crippen molar-refractivity contribution in [3.63, 3.8) is 0 Å². The Hall–Kier alpha value is -0.280. The van der Waals surface area contributed by atoms with Crippen molar-refractivity contribution in [1.29, 1.82) is 0 Å². The lowest BCUT2D eigenvalue weighted by Gasteiger charge is -2.33. The minimum atomic E-state index is 0.231. The monoisotopic (exact) mass is 240 g/mol. The summed E-state index contributed by atoms with van der Waals surface area (Å²) in [6.45, 7) is 5.31. The molecule has 82 valence electrons. The predicted molar refractivity (Wildman–Crippen MR) is 69.2 cm³/mol. The quantitative estimate of drug-likeness (QED) is 0.797. The molecule has 0 aromatic heterocycles. The van der Waals surface area contributed by atoms with Crippen molar-refractivity contribution in [2.45, 2.75) is 23.5 Å². The number of hydrogen-bond donors (Lipinski definition) is 0. The Balaban J connectivity index is 2.10. The SMILES string of the molecule is CCSC[C@]1(C)COc2ccccc2S1. The number of thioether (sulfide) groups is 2. The smallest absolute Gasteiger partial charge is 0.132 e. The van der Waals surface area contributed by atoms with Crippen LogP contribution in [-0.4, -0.2) is 22.9 Å². The Labute approximate surface area is 100.0 Å². The highest BCUT2D eigenvalue weighted by molar-refractivity contribution is 8.04. The van der Waals surface area contributed by atoms with Gasteiger partial charge >= 0.3 is 0 Å². The van der Waals surface area contributed by atoms with Crippen molar-refractivity contribution < 1.29 is 4.74 Å². The molecule has 15 heavy (non-hydrogen) atoms. The Morgan fingerprint density at radius 3 is 3.07 bits per heavy atom. The van der Waals surface area contributed by atoms with Gasteiger partial charge in [-0.25, -0.2) is 0 Å². The molecule has 1 nitrogen and oxygen atoms in total. The van der Waals surface area contributed by atoms with Crippen LogP contribution in [0, 0.1) is 0 Å². The van der Waals surface area contributed by atoms with Crippen LogP contribution in [-0.2, 0) is 0 Å². The van der Waals surface area contributed by atoms with Crippen LogP contribution in [0.1, 0.15) is 13.8 Å². The van der Waals surface area contributed by atoms with Gasteiger partial charge in [0.1, 0.15) is 12.4 Å². The third-order valence-electron chi connectivity index (χ3n) is 2.35. The van der Waals surface area contributed by atoms with E-state index in [4.69, 9.17) is 4.74 Å². The van der Waals surface area contributed by atoms with E-state index >= 15 is 0 Å². The zero-order valence-electron chi connectivity index (χ0n) is 9.16. The number of ether oxygens (including phenoxy) is 1. The van der Waals surface area contributed by atoms with Gasteiger partial charge in [0.15, 0.2) is 0 Å². The number of benzene rings is 1. The van der Waals surface area contributed by atoms with E-state index < -0.39 is 0 Å². The summed E-state index contributed by atoms with van der Waals surface area (Å²) in [6, 6.07) is 8.31. The highest BCUT2D eigenvalue weighted by Gasteiger charge is 2.31. The van der Waals surface area contributed by atoms with Gasteiger partial charge in [-0.15, -0.1) is 11.8 Å². The summed E-state index contributed by atoms with van der Waals surface area (Å²) < 4.78 is 6.03. The number of fused-ring (bicyclic) bond motifs is 1. The first-order valence-corrected chi connectivity index (χ1v) is 7.19. The minimum absolute atomic E-state index is 0.231. The molecule has 1 heterocycles. The molecule has 0 aliphatic carbocycles. The normalized spacial score (nSPS) is 24.4. The van der Waals surface area contributed by atoms with Gasteiger partial charge in [0.05, 0.1) is 9.64 Å². The molecule has 1 aromatic rings. The fraction of sp³-hybridized carbons (Fsp3) is 0.500. The lowest BCUT2D eigenvalue weighted by molar-refractivity contribution is 0.275. The first-order valence-electron chi connectivity index (χ1n) is 5.22. The molecule has 2 rings (SSSR count). The molecule has 1 aromatic carbocycles. The molecule has 1 aliphatic rings. The molecule has 3 heteroatoms. The summed E-state index contributed by atoms with van der Waals surface area (Å²) in [5.74, 6) is 3.38. The standard InChI is InChI=1S/C12H16OS2/c1-3-14-9-12(2)8-13-10-6-4-5-7-11(10)15-12/h4-7H,3,8-9H2,1-2H3/t12-/m0/s1. The molecule has 1 atom stereocenters. The van der Waals surface area contributed by atoms with Crippen LogP contribution in [0.4, 0.5) is 0 Å². The van der Waals surface area contributed by atoms with Crippen LogP contribution in [0.5, 0.6) is 5.75 Å². The van der Waals surface area contributed by atoms with E-state index in [9.17, 15) is 0 Å². The summed E-state index contributed by atoms with van der Waals surface area (Å²) in [5.41, 5.74) is 0. The van der Waals surface area contributed by atoms with E-state index in [1.54, 1.807) is 0 Å². The number of hydrogen-bond acceptors (Lipinski definition) is 3. The molecule has 0 N–H and O–H groups in total. The lowest BCUT2D eigenvalue weighted by Crippen LogP contribution is -2.34. The molecule has 0 bridgehead atoms. The van der Waals surface area contributed by atoms with Crippen LogP contribution in [0.25, 0.3) is 0 Å². The summed E-state index contributed by atoms with van der Waals surface area (Å²) in [6.07, 6.45) is 0. The van der Waals surface area contributed by atoms with Gasteiger partial charge < -0.3 is 4.74 Å². The molecule has 0 spiro atoms. The van der Waals surface area contributed by atoms with Crippen molar-refractivity contribution in [3.8, 4) is 5.75 Å². The largest absolute Gasteiger partial charge is 0.491 e. The molecule has 0 amide bonds. The second kappa shape index (κ2) is 4.71. The molecular formula is C12H16OS2. The van der Waals surface area contributed by atoms with E-state index in [-0.39, 0.29) is 4.75 Å². The first-order chi connectivity index (χ1) is 7.23. The zero-order valence-corrected chi connectivity index (χ0v) is 10.8. The topological polar surface area (TPSA) is 9.23 Å². The highest BCUT2D eigenvalue weighted by Crippen LogP contribution is 2.44. The van der Waals surface area contributed by atoms with E-state index in [0.717, 1.165) is 18.1 Å². The van der Waals surface area contributed by atoms with Gasteiger partial charge in [-0.2, -0.15) is 11.8 Å².